The molecule has 0 amide bonds. The van der Waals surface area contributed by atoms with E-state index in [9.17, 15) is 4.79 Å². The van der Waals surface area contributed by atoms with Gasteiger partial charge in [0, 0.05) is 5.56 Å². The summed E-state index contributed by atoms with van der Waals surface area (Å²) in [7, 11) is 0. The largest absolute Gasteiger partial charge is 0.493 e. The number of hydrogen-bond acceptors (Lipinski definition) is 2. The highest BCUT2D eigenvalue weighted by atomic mass is 16.5. The van der Waals surface area contributed by atoms with E-state index >= 15 is 0 Å². The summed E-state index contributed by atoms with van der Waals surface area (Å²) >= 11 is 0. The molecule has 0 aromatic heterocycles. The third-order valence-electron chi connectivity index (χ3n) is 5.18. The van der Waals surface area contributed by atoms with Gasteiger partial charge >= 0.3 is 0 Å². The molecule has 0 bridgehead atoms. The average molecular weight is 316 g/mol. The molecule has 0 saturated heterocycles. The van der Waals surface area contributed by atoms with Gasteiger partial charge in [-0.25, -0.2) is 0 Å². The number of carbonyl (C=O) groups excluding carboxylic acids is 1. The summed E-state index contributed by atoms with van der Waals surface area (Å²) in [5.74, 6) is 2.55. The molecule has 1 aliphatic carbocycles. The van der Waals surface area contributed by atoms with Crippen molar-refractivity contribution in [2.24, 2.45) is 11.8 Å². The van der Waals surface area contributed by atoms with Gasteiger partial charge < -0.3 is 4.74 Å². The molecule has 1 aromatic rings. The molecule has 2 rings (SSSR count). The standard InChI is InChI=1S/C21H32O2/c1-2-3-4-5-6-7-18-8-10-20(11-9-18)17-23-21-14-12-19(16-22)13-15-21/h12-16,18,20H,2-11,17H2,1H3/t18-,20-. The lowest BCUT2D eigenvalue weighted by molar-refractivity contribution is 0.112. The number of unbranched alkanes of at least 4 members (excludes halogenated alkanes) is 4. The maximum atomic E-state index is 10.6. The summed E-state index contributed by atoms with van der Waals surface area (Å²) in [6.07, 6.45) is 14.7. The average Bonchev–Trinajstić information content (AvgIpc) is 2.61. The fourth-order valence-electron chi connectivity index (χ4n) is 3.58. The smallest absolute Gasteiger partial charge is 0.150 e. The lowest BCUT2D eigenvalue weighted by Crippen LogP contribution is -2.20. The van der Waals surface area contributed by atoms with Crippen molar-refractivity contribution in [3.05, 3.63) is 29.8 Å². The molecule has 1 aromatic carbocycles. The maximum absolute atomic E-state index is 10.6. The molecule has 2 nitrogen and oxygen atoms in total. The van der Waals surface area contributed by atoms with Gasteiger partial charge in [0.05, 0.1) is 6.61 Å². The van der Waals surface area contributed by atoms with Gasteiger partial charge in [-0.05, 0) is 48.9 Å². The minimum absolute atomic E-state index is 0.705. The van der Waals surface area contributed by atoms with Crippen LogP contribution in [-0.2, 0) is 0 Å². The van der Waals surface area contributed by atoms with E-state index in [1.807, 2.05) is 24.3 Å². The first kappa shape index (κ1) is 18.0. The van der Waals surface area contributed by atoms with Gasteiger partial charge in [-0.3, -0.25) is 4.79 Å². The van der Waals surface area contributed by atoms with Gasteiger partial charge in [0.15, 0.2) is 0 Å². The molecule has 1 aliphatic rings. The molecule has 0 N–H and O–H groups in total. The van der Waals surface area contributed by atoms with Crippen LogP contribution >= 0.6 is 0 Å². The van der Waals surface area contributed by atoms with Crippen molar-refractivity contribution >= 4 is 6.29 Å². The zero-order valence-corrected chi connectivity index (χ0v) is 14.6. The highest BCUT2D eigenvalue weighted by Crippen LogP contribution is 2.32. The van der Waals surface area contributed by atoms with Gasteiger partial charge in [0.25, 0.3) is 0 Å². The monoisotopic (exact) mass is 316 g/mol. The van der Waals surface area contributed by atoms with Crippen molar-refractivity contribution in [2.45, 2.75) is 71.1 Å². The summed E-state index contributed by atoms with van der Waals surface area (Å²) < 4.78 is 5.89. The number of benzene rings is 1. The second-order valence-corrected chi connectivity index (χ2v) is 7.09. The van der Waals surface area contributed by atoms with Gasteiger partial charge in [-0.2, -0.15) is 0 Å². The maximum Gasteiger partial charge on any atom is 0.150 e. The predicted octanol–water partition coefficient (Wildman–Crippen LogP) is 6.04. The Morgan fingerprint density at radius 3 is 2.26 bits per heavy atom. The van der Waals surface area contributed by atoms with Crippen molar-refractivity contribution in [2.75, 3.05) is 6.61 Å². The van der Waals surface area contributed by atoms with Crippen molar-refractivity contribution in [1.29, 1.82) is 0 Å². The number of ether oxygens (including phenoxy) is 1. The van der Waals surface area contributed by atoms with Crippen LogP contribution in [0.2, 0.25) is 0 Å². The second-order valence-electron chi connectivity index (χ2n) is 7.09. The SMILES string of the molecule is CCCCCCC[C@H]1CC[C@H](COc2ccc(C=O)cc2)CC1. The molecule has 0 aliphatic heterocycles. The lowest BCUT2D eigenvalue weighted by atomic mass is 9.80. The molecule has 128 valence electrons. The van der Waals surface area contributed by atoms with Crippen molar-refractivity contribution in [3.8, 4) is 5.75 Å². The summed E-state index contributed by atoms with van der Waals surface area (Å²) in [4.78, 5) is 10.6. The van der Waals surface area contributed by atoms with Crippen LogP contribution < -0.4 is 4.74 Å². The Bertz CT molecular complexity index is 430. The Balaban J connectivity index is 1.58. The highest BCUT2D eigenvalue weighted by Gasteiger charge is 2.21. The van der Waals surface area contributed by atoms with Crippen LogP contribution in [0.3, 0.4) is 0 Å². The Morgan fingerprint density at radius 1 is 0.957 bits per heavy atom. The Morgan fingerprint density at radius 2 is 1.61 bits per heavy atom. The second kappa shape index (κ2) is 10.5. The Kier molecular flexibility index (Phi) is 8.20. The topological polar surface area (TPSA) is 26.3 Å². The van der Waals surface area contributed by atoms with E-state index in [0.29, 0.717) is 11.5 Å². The van der Waals surface area contributed by atoms with E-state index in [-0.39, 0.29) is 0 Å². The molecule has 2 heteroatoms. The number of rotatable bonds is 10. The summed E-state index contributed by atoms with van der Waals surface area (Å²) in [6, 6.07) is 7.42. The zero-order chi connectivity index (χ0) is 16.3. The van der Waals surface area contributed by atoms with E-state index in [1.54, 1.807) is 0 Å². The molecular weight excluding hydrogens is 284 g/mol. The fraction of sp³-hybridized carbons (Fsp3) is 0.667. The normalized spacial score (nSPS) is 21.1. The van der Waals surface area contributed by atoms with Gasteiger partial charge in [0.2, 0.25) is 0 Å². The Hall–Kier alpha value is -1.31. The first-order valence-electron chi connectivity index (χ1n) is 9.50. The number of aldehydes is 1. The van der Waals surface area contributed by atoms with E-state index < -0.39 is 0 Å². The van der Waals surface area contributed by atoms with Crippen molar-refractivity contribution < 1.29 is 9.53 Å². The zero-order valence-electron chi connectivity index (χ0n) is 14.6. The van der Waals surface area contributed by atoms with Gasteiger partial charge in [-0.15, -0.1) is 0 Å². The summed E-state index contributed by atoms with van der Waals surface area (Å²) in [6.45, 7) is 3.10. The van der Waals surface area contributed by atoms with E-state index in [0.717, 1.165) is 24.6 Å². The summed E-state index contributed by atoms with van der Waals surface area (Å²) in [5.41, 5.74) is 0.705. The van der Waals surface area contributed by atoms with E-state index in [1.165, 1.54) is 64.2 Å². The molecule has 0 atom stereocenters. The molecule has 1 fully saturated rings. The fourth-order valence-corrected chi connectivity index (χ4v) is 3.58. The third-order valence-corrected chi connectivity index (χ3v) is 5.18. The van der Waals surface area contributed by atoms with Crippen LogP contribution in [0.5, 0.6) is 5.75 Å². The predicted molar refractivity (Wildman–Crippen MR) is 96.1 cm³/mol. The molecule has 1 saturated carbocycles. The Labute approximate surface area is 141 Å². The van der Waals surface area contributed by atoms with Crippen LogP contribution in [0.15, 0.2) is 24.3 Å². The van der Waals surface area contributed by atoms with Crippen LogP contribution in [-0.4, -0.2) is 12.9 Å². The first-order chi connectivity index (χ1) is 11.3. The van der Waals surface area contributed by atoms with E-state index in [4.69, 9.17) is 4.74 Å². The summed E-state index contributed by atoms with van der Waals surface area (Å²) in [5, 5.41) is 0. The molecule has 0 spiro atoms. The van der Waals surface area contributed by atoms with Gasteiger partial charge in [0.1, 0.15) is 12.0 Å². The molecule has 0 radical (unpaired) electrons. The minimum atomic E-state index is 0.705. The van der Waals surface area contributed by atoms with E-state index in [2.05, 4.69) is 6.92 Å². The molecule has 0 heterocycles. The van der Waals surface area contributed by atoms with Crippen LogP contribution in [0.1, 0.15) is 81.5 Å². The first-order valence-corrected chi connectivity index (χ1v) is 9.50. The number of carbonyl (C=O) groups is 1. The molecule has 0 unspecified atom stereocenters. The van der Waals surface area contributed by atoms with Crippen LogP contribution in [0, 0.1) is 11.8 Å². The van der Waals surface area contributed by atoms with Crippen LogP contribution in [0.4, 0.5) is 0 Å². The number of hydrogen-bond donors (Lipinski definition) is 0. The minimum Gasteiger partial charge on any atom is -0.493 e. The molecular formula is C21H32O2. The molecule has 23 heavy (non-hydrogen) atoms. The van der Waals surface area contributed by atoms with Crippen molar-refractivity contribution in [3.63, 3.8) is 0 Å². The van der Waals surface area contributed by atoms with Crippen molar-refractivity contribution in [1.82, 2.24) is 0 Å². The lowest BCUT2D eigenvalue weighted by Gasteiger charge is -2.28. The third kappa shape index (κ3) is 6.76. The highest BCUT2D eigenvalue weighted by molar-refractivity contribution is 5.74. The van der Waals surface area contributed by atoms with Gasteiger partial charge in [-0.1, -0.05) is 58.3 Å². The quantitative estimate of drug-likeness (QED) is 0.388. The van der Waals surface area contributed by atoms with Crippen LogP contribution in [0.25, 0.3) is 0 Å².